The van der Waals surface area contributed by atoms with Crippen molar-refractivity contribution in [2.45, 2.75) is 26.9 Å². The zero-order valence-corrected chi connectivity index (χ0v) is 13.8. The molecule has 0 aromatic carbocycles. The Kier molecular flexibility index (Phi) is 5.35. The number of nitrogens with two attached hydrogens (primary N) is 1. The number of aromatic nitrogens is 2. The average Bonchev–Trinajstić information content (AvgIpc) is 2.94. The number of halogens is 1. The van der Waals surface area contributed by atoms with Crippen LogP contribution in [0.25, 0.3) is 0 Å². The van der Waals surface area contributed by atoms with E-state index in [1.165, 1.54) is 4.88 Å². The van der Waals surface area contributed by atoms with E-state index in [4.69, 9.17) is 17.3 Å². The fraction of sp³-hybridized carbons (Fsp3) is 0.400. The van der Waals surface area contributed by atoms with Crippen molar-refractivity contribution in [1.29, 1.82) is 0 Å². The summed E-state index contributed by atoms with van der Waals surface area (Å²) in [5, 5.41) is 8.43. The molecule has 2 N–H and O–H groups in total. The second kappa shape index (κ2) is 6.58. The van der Waals surface area contributed by atoms with Gasteiger partial charge < -0.3 is 5.73 Å². The topological polar surface area (TPSA) is 51.8 Å². The maximum absolute atomic E-state index is 6.06. The van der Waals surface area contributed by atoms with Gasteiger partial charge in [0.15, 0.2) is 8.68 Å². The molecule has 2 aromatic heterocycles. The Labute approximate surface area is 128 Å². The van der Waals surface area contributed by atoms with Crippen LogP contribution in [0.1, 0.15) is 17.1 Å². The maximum atomic E-state index is 6.06. The molecule has 0 radical (unpaired) electrons. The van der Waals surface area contributed by atoms with Crippen LogP contribution in [0.5, 0.6) is 0 Å². The molecule has 0 bridgehead atoms. The number of hydrogen-bond acceptors (Lipinski definition) is 7. The van der Waals surface area contributed by atoms with Gasteiger partial charge in [0.2, 0.25) is 0 Å². The minimum Gasteiger partial charge on any atom is -0.327 e. The maximum Gasteiger partial charge on any atom is 0.175 e. The van der Waals surface area contributed by atoms with Gasteiger partial charge in [-0.05, 0) is 25.3 Å². The van der Waals surface area contributed by atoms with Gasteiger partial charge >= 0.3 is 0 Å². The summed E-state index contributed by atoms with van der Waals surface area (Å²) in [6.45, 7) is 2.00. The Morgan fingerprint density at radius 3 is 2.50 bits per heavy atom. The first kappa shape index (κ1) is 14.6. The molecule has 0 aliphatic heterocycles. The zero-order chi connectivity index (χ0) is 13.1. The Hall–Kier alpha value is 0.210. The van der Waals surface area contributed by atoms with E-state index >= 15 is 0 Å². The van der Waals surface area contributed by atoms with Gasteiger partial charge in [-0.3, -0.25) is 0 Å². The quantitative estimate of drug-likeness (QED) is 0.830. The van der Waals surface area contributed by atoms with Gasteiger partial charge in [-0.1, -0.05) is 46.5 Å². The lowest BCUT2D eigenvalue weighted by molar-refractivity contribution is 0.729. The van der Waals surface area contributed by atoms with Crippen molar-refractivity contribution in [1.82, 2.24) is 10.2 Å². The molecule has 0 saturated heterocycles. The summed E-state index contributed by atoms with van der Waals surface area (Å²) in [7, 11) is 0. The molecule has 98 valence electrons. The van der Waals surface area contributed by atoms with Crippen LogP contribution in [0.2, 0.25) is 4.34 Å². The number of thioether (sulfide) groups is 2. The van der Waals surface area contributed by atoms with Crippen LogP contribution in [0.3, 0.4) is 0 Å². The van der Waals surface area contributed by atoms with E-state index in [0.717, 1.165) is 13.0 Å². The summed E-state index contributed by atoms with van der Waals surface area (Å²) in [6.07, 6.45) is 2.00. The predicted molar refractivity (Wildman–Crippen MR) is 83.3 cm³/mol. The number of hydrogen-bond donors (Lipinski definition) is 1. The van der Waals surface area contributed by atoms with E-state index < -0.39 is 0 Å². The number of rotatable bonds is 5. The normalized spacial score (nSPS) is 14.7. The first-order valence-electron chi connectivity index (χ1n) is 5.15. The molecule has 0 spiro atoms. The molecular weight excluding hydrogens is 326 g/mol. The molecular formula is C10H12ClN3S4. The standard InChI is InChI=1S/C10H12ClN3S4/c1-5(12)8(6-3-4-7(11)16-6)17-10-14-13-9(15-2)18-10/h3-5,8H,12H2,1-2H3. The van der Waals surface area contributed by atoms with Gasteiger partial charge in [0.1, 0.15) is 0 Å². The Morgan fingerprint density at radius 2 is 2.00 bits per heavy atom. The van der Waals surface area contributed by atoms with Gasteiger partial charge in [-0.25, -0.2) is 0 Å². The van der Waals surface area contributed by atoms with Gasteiger partial charge in [0.25, 0.3) is 0 Å². The van der Waals surface area contributed by atoms with Crippen molar-refractivity contribution in [3.8, 4) is 0 Å². The Morgan fingerprint density at radius 1 is 1.28 bits per heavy atom. The SMILES string of the molecule is CSc1nnc(SC(c2ccc(Cl)s2)C(C)N)s1. The Balaban J connectivity index is 2.16. The van der Waals surface area contributed by atoms with Crippen LogP contribution >= 0.6 is 57.8 Å². The van der Waals surface area contributed by atoms with E-state index in [2.05, 4.69) is 10.2 Å². The average molecular weight is 338 g/mol. The first-order valence-corrected chi connectivity index (χ1v) is 9.26. The molecule has 0 aliphatic rings. The van der Waals surface area contributed by atoms with Crippen LogP contribution in [-0.2, 0) is 0 Å². The molecule has 2 unspecified atom stereocenters. The van der Waals surface area contributed by atoms with Gasteiger partial charge in [-0.2, -0.15) is 0 Å². The summed E-state index contributed by atoms with van der Waals surface area (Å²) in [4.78, 5) is 1.18. The van der Waals surface area contributed by atoms with Crippen molar-refractivity contribution in [2.75, 3.05) is 6.26 Å². The lowest BCUT2D eigenvalue weighted by atomic mass is 10.2. The lowest BCUT2D eigenvalue weighted by Gasteiger charge is -2.16. The predicted octanol–water partition coefficient (Wildman–Crippen LogP) is 4.16. The van der Waals surface area contributed by atoms with Crippen molar-refractivity contribution in [2.24, 2.45) is 5.73 Å². The molecule has 2 rings (SSSR count). The highest BCUT2D eigenvalue weighted by Gasteiger charge is 2.21. The van der Waals surface area contributed by atoms with Crippen molar-refractivity contribution < 1.29 is 0 Å². The largest absolute Gasteiger partial charge is 0.327 e. The lowest BCUT2D eigenvalue weighted by Crippen LogP contribution is -2.21. The van der Waals surface area contributed by atoms with E-state index in [9.17, 15) is 0 Å². The van der Waals surface area contributed by atoms with Crippen LogP contribution < -0.4 is 5.73 Å². The van der Waals surface area contributed by atoms with E-state index in [1.54, 1.807) is 46.2 Å². The molecule has 2 heterocycles. The molecule has 3 nitrogen and oxygen atoms in total. The third-order valence-electron chi connectivity index (χ3n) is 2.14. The molecule has 0 amide bonds. The second-order valence-corrected chi connectivity index (χ2v) is 8.74. The molecule has 2 atom stereocenters. The summed E-state index contributed by atoms with van der Waals surface area (Å²) >= 11 is 12.4. The van der Waals surface area contributed by atoms with E-state index in [-0.39, 0.29) is 11.3 Å². The first-order chi connectivity index (χ1) is 8.60. The van der Waals surface area contributed by atoms with Crippen LogP contribution in [-0.4, -0.2) is 22.5 Å². The number of nitrogens with zero attached hydrogens (tertiary/aromatic N) is 2. The van der Waals surface area contributed by atoms with Crippen LogP contribution in [0, 0.1) is 0 Å². The number of thiophene rings is 1. The summed E-state index contributed by atoms with van der Waals surface area (Å²) in [5.41, 5.74) is 6.06. The third-order valence-corrected chi connectivity index (χ3v) is 7.06. The zero-order valence-electron chi connectivity index (χ0n) is 9.79. The Bertz CT molecular complexity index is 511. The molecule has 0 fully saturated rings. The molecule has 0 saturated carbocycles. The molecule has 8 heteroatoms. The highest BCUT2D eigenvalue weighted by Crippen LogP contribution is 2.42. The third kappa shape index (κ3) is 3.61. The monoisotopic (exact) mass is 337 g/mol. The highest BCUT2D eigenvalue weighted by molar-refractivity contribution is 8.03. The summed E-state index contributed by atoms with van der Waals surface area (Å²) in [6, 6.07) is 3.97. The highest BCUT2D eigenvalue weighted by atomic mass is 35.5. The van der Waals surface area contributed by atoms with Crippen molar-refractivity contribution >= 4 is 57.8 Å². The molecule has 18 heavy (non-hydrogen) atoms. The second-order valence-electron chi connectivity index (χ2n) is 3.58. The smallest absolute Gasteiger partial charge is 0.175 e. The minimum absolute atomic E-state index is 0.0337. The molecule has 2 aromatic rings. The minimum atomic E-state index is 0.0337. The van der Waals surface area contributed by atoms with E-state index in [1.807, 2.05) is 25.3 Å². The van der Waals surface area contributed by atoms with Gasteiger partial charge in [0, 0.05) is 10.9 Å². The van der Waals surface area contributed by atoms with Crippen LogP contribution in [0.15, 0.2) is 20.8 Å². The van der Waals surface area contributed by atoms with E-state index in [0.29, 0.717) is 0 Å². The summed E-state index contributed by atoms with van der Waals surface area (Å²) < 4.78 is 2.72. The fourth-order valence-corrected chi connectivity index (χ4v) is 5.41. The van der Waals surface area contributed by atoms with Gasteiger partial charge in [0.05, 0.1) is 9.59 Å². The van der Waals surface area contributed by atoms with Gasteiger partial charge in [-0.15, -0.1) is 21.5 Å². The fourth-order valence-electron chi connectivity index (χ4n) is 1.34. The van der Waals surface area contributed by atoms with Crippen molar-refractivity contribution in [3.63, 3.8) is 0 Å². The van der Waals surface area contributed by atoms with Crippen LogP contribution in [0.4, 0.5) is 0 Å². The van der Waals surface area contributed by atoms with Crippen molar-refractivity contribution in [3.05, 3.63) is 21.3 Å². The molecule has 0 aliphatic carbocycles. The summed E-state index contributed by atoms with van der Waals surface area (Å²) in [5.74, 6) is 0.